The molecule has 0 spiro atoms. The molecule has 0 aromatic rings. The summed E-state index contributed by atoms with van der Waals surface area (Å²) in [4.78, 5) is 11.9. The second kappa shape index (κ2) is 9.35. The van der Waals surface area contributed by atoms with Crippen molar-refractivity contribution < 1.29 is 9.53 Å². The van der Waals surface area contributed by atoms with Crippen LogP contribution in [0.2, 0.25) is 0 Å². The molecule has 2 rings (SSSR count). The zero-order valence-electron chi connectivity index (χ0n) is 12.9. The van der Waals surface area contributed by atoms with Gasteiger partial charge in [-0.25, -0.2) is 0 Å². The van der Waals surface area contributed by atoms with Crippen LogP contribution in [-0.4, -0.2) is 24.2 Å². The highest BCUT2D eigenvalue weighted by atomic mass is 16.5. The molecule has 0 heterocycles. The Kier molecular flexibility index (Phi) is 8.11. The molecule has 19 heavy (non-hydrogen) atoms. The molecular formula is C16H31NO2. The Morgan fingerprint density at radius 3 is 2.11 bits per heavy atom. The highest BCUT2D eigenvalue weighted by molar-refractivity contribution is 5.75. The maximum absolute atomic E-state index is 11.9. The summed E-state index contributed by atoms with van der Waals surface area (Å²) in [7, 11) is 0. The first-order valence-corrected chi connectivity index (χ1v) is 8.22. The van der Waals surface area contributed by atoms with Crippen molar-refractivity contribution >= 4 is 5.97 Å². The van der Waals surface area contributed by atoms with Crippen LogP contribution in [-0.2, 0) is 9.53 Å². The summed E-state index contributed by atoms with van der Waals surface area (Å²) in [5.74, 6) is -0.0533. The van der Waals surface area contributed by atoms with Gasteiger partial charge in [-0.3, -0.25) is 4.79 Å². The van der Waals surface area contributed by atoms with Crippen LogP contribution in [0.1, 0.15) is 78.6 Å². The zero-order valence-corrected chi connectivity index (χ0v) is 12.9. The van der Waals surface area contributed by atoms with Crippen LogP contribution in [0.5, 0.6) is 0 Å². The molecule has 112 valence electrons. The smallest absolute Gasteiger partial charge is 0.323 e. The Bertz CT molecular complexity index is 243. The lowest BCUT2D eigenvalue weighted by Gasteiger charge is -2.26. The van der Waals surface area contributed by atoms with Gasteiger partial charge < -0.3 is 10.1 Å². The van der Waals surface area contributed by atoms with Crippen molar-refractivity contribution in [1.82, 2.24) is 5.32 Å². The van der Waals surface area contributed by atoms with Crippen LogP contribution in [0.25, 0.3) is 0 Å². The topological polar surface area (TPSA) is 38.3 Å². The number of hydrogen-bond donors (Lipinski definition) is 1. The highest BCUT2D eigenvalue weighted by Crippen LogP contribution is 2.22. The number of rotatable bonds is 4. The lowest BCUT2D eigenvalue weighted by molar-refractivity contribution is -0.151. The molecule has 2 aliphatic rings. The molecule has 0 aromatic heterocycles. The molecule has 0 amide bonds. The first-order valence-electron chi connectivity index (χ1n) is 8.22. The Hall–Kier alpha value is -0.570. The van der Waals surface area contributed by atoms with Gasteiger partial charge in [-0.1, -0.05) is 33.1 Å². The molecule has 0 aliphatic heterocycles. The molecule has 2 fully saturated rings. The van der Waals surface area contributed by atoms with Crippen LogP contribution in [0.4, 0.5) is 0 Å². The van der Waals surface area contributed by atoms with Crippen molar-refractivity contribution in [2.75, 3.05) is 0 Å². The Morgan fingerprint density at radius 1 is 1.00 bits per heavy atom. The third-order valence-electron chi connectivity index (χ3n) is 4.03. The minimum Gasteiger partial charge on any atom is -0.461 e. The predicted octanol–water partition coefficient (Wildman–Crippen LogP) is 3.81. The van der Waals surface area contributed by atoms with Gasteiger partial charge in [0.2, 0.25) is 0 Å². The second-order valence-corrected chi connectivity index (χ2v) is 5.57. The quantitative estimate of drug-likeness (QED) is 0.789. The van der Waals surface area contributed by atoms with E-state index in [9.17, 15) is 4.79 Å². The van der Waals surface area contributed by atoms with Gasteiger partial charge in [0.05, 0.1) is 0 Å². The average Bonchev–Trinajstić information content (AvgIpc) is 2.95. The molecule has 0 saturated heterocycles. The maximum Gasteiger partial charge on any atom is 0.323 e. The number of carbonyl (C=O) groups is 1. The zero-order chi connectivity index (χ0) is 14.1. The Balaban J connectivity index is 0.000000861. The Labute approximate surface area is 118 Å². The SMILES string of the molecule is CC.CC(NC1CCCCC1)C(=O)OC1CCCC1. The van der Waals surface area contributed by atoms with Gasteiger partial charge in [-0.05, 0) is 45.4 Å². The highest BCUT2D eigenvalue weighted by Gasteiger charge is 2.24. The summed E-state index contributed by atoms with van der Waals surface area (Å²) in [6.07, 6.45) is 11.1. The number of carbonyl (C=O) groups excluding carboxylic acids is 1. The Morgan fingerprint density at radius 2 is 1.53 bits per heavy atom. The second-order valence-electron chi connectivity index (χ2n) is 5.57. The minimum absolute atomic E-state index is 0.0533. The summed E-state index contributed by atoms with van der Waals surface area (Å²) < 4.78 is 5.51. The number of hydrogen-bond acceptors (Lipinski definition) is 3. The fourth-order valence-electron chi connectivity index (χ4n) is 2.96. The van der Waals surface area contributed by atoms with Crippen molar-refractivity contribution in [2.24, 2.45) is 0 Å². The fraction of sp³-hybridized carbons (Fsp3) is 0.938. The van der Waals surface area contributed by atoms with E-state index in [1.807, 2.05) is 20.8 Å². The van der Waals surface area contributed by atoms with Gasteiger partial charge in [-0.15, -0.1) is 0 Å². The summed E-state index contributed by atoms with van der Waals surface area (Å²) in [6.45, 7) is 5.94. The third-order valence-corrected chi connectivity index (χ3v) is 4.03. The largest absolute Gasteiger partial charge is 0.461 e. The molecular weight excluding hydrogens is 238 g/mol. The first kappa shape index (κ1) is 16.5. The van der Waals surface area contributed by atoms with Gasteiger partial charge in [0.15, 0.2) is 0 Å². The van der Waals surface area contributed by atoms with Crippen LogP contribution in [0.15, 0.2) is 0 Å². The van der Waals surface area contributed by atoms with E-state index in [2.05, 4.69) is 5.32 Å². The van der Waals surface area contributed by atoms with Crippen molar-refractivity contribution in [2.45, 2.75) is 96.7 Å². The van der Waals surface area contributed by atoms with Crippen molar-refractivity contribution in [3.8, 4) is 0 Å². The van der Waals surface area contributed by atoms with E-state index in [4.69, 9.17) is 4.74 Å². The summed E-state index contributed by atoms with van der Waals surface area (Å²) in [6, 6.07) is 0.383. The molecule has 3 nitrogen and oxygen atoms in total. The molecule has 1 atom stereocenters. The third kappa shape index (κ3) is 5.94. The van der Waals surface area contributed by atoms with E-state index in [0.717, 1.165) is 12.8 Å². The summed E-state index contributed by atoms with van der Waals surface area (Å²) in [5.41, 5.74) is 0. The summed E-state index contributed by atoms with van der Waals surface area (Å²) in [5, 5.41) is 3.42. The molecule has 0 radical (unpaired) electrons. The van der Waals surface area contributed by atoms with Crippen LogP contribution < -0.4 is 5.32 Å². The van der Waals surface area contributed by atoms with E-state index in [1.54, 1.807) is 0 Å². The first-order chi connectivity index (χ1) is 9.25. The number of ether oxygens (including phenoxy) is 1. The fourth-order valence-corrected chi connectivity index (χ4v) is 2.96. The van der Waals surface area contributed by atoms with E-state index in [1.165, 1.54) is 44.9 Å². The normalized spacial score (nSPS) is 22.5. The molecule has 2 saturated carbocycles. The minimum atomic E-state index is -0.140. The molecule has 0 aromatic carbocycles. The van der Waals surface area contributed by atoms with Gasteiger partial charge in [0.25, 0.3) is 0 Å². The molecule has 0 bridgehead atoms. The van der Waals surface area contributed by atoms with Crippen LogP contribution in [0, 0.1) is 0 Å². The molecule has 3 heteroatoms. The van der Waals surface area contributed by atoms with Gasteiger partial charge in [-0.2, -0.15) is 0 Å². The van der Waals surface area contributed by atoms with E-state index < -0.39 is 0 Å². The maximum atomic E-state index is 11.9. The standard InChI is InChI=1S/C14H25NO2.C2H6/c1-11(15-12-7-3-2-4-8-12)14(16)17-13-9-5-6-10-13;1-2/h11-13,15H,2-10H2,1H3;1-2H3. The average molecular weight is 269 g/mol. The van der Waals surface area contributed by atoms with Crippen LogP contribution in [0.3, 0.4) is 0 Å². The monoisotopic (exact) mass is 269 g/mol. The van der Waals surface area contributed by atoms with Crippen molar-refractivity contribution in [1.29, 1.82) is 0 Å². The lowest BCUT2D eigenvalue weighted by atomic mass is 9.95. The van der Waals surface area contributed by atoms with E-state index >= 15 is 0 Å². The summed E-state index contributed by atoms with van der Waals surface area (Å²) >= 11 is 0. The van der Waals surface area contributed by atoms with Gasteiger partial charge in [0, 0.05) is 6.04 Å². The number of esters is 1. The number of nitrogens with one attached hydrogen (secondary N) is 1. The molecule has 2 aliphatic carbocycles. The van der Waals surface area contributed by atoms with E-state index in [-0.39, 0.29) is 18.1 Å². The molecule has 1 N–H and O–H groups in total. The van der Waals surface area contributed by atoms with Gasteiger partial charge >= 0.3 is 5.97 Å². The molecule has 1 unspecified atom stereocenters. The van der Waals surface area contributed by atoms with Crippen LogP contribution >= 0.6 is 0 Å². The van der Waals surface area contributed by atoms with Crippen molar-refractivity contribution in [3.63, 3.8) is 0 Å². The predicted molar refractivity (Wildman–Crippen MR) is 79.2 cm³/mol. The van der Waals surface area contributed by atoms with E-state index in [0.29, 0.717) is 6.04 Å². The lowest BCUT2D eigenvalue weighted by Crippen LogP contribution is -2.43. The van der Waals surface area contributed by atoms with Crippen molar-refractivity contribution in [3.05, 3.63) is 0 Å². The van der Waals surface area contributed by atoms with Gasteiger partial charge in [0.1, 0.15) is 12.1 Å².